The lowest BCUT2D eigenvalue weighted by Crippen LogP contribution is -2.42. The number of anilines is 1. The van der Waals surface area contributed by atoms with Gasteiger partial charge in [0.05, 0.1) is 18.7 Å². The zero-order valence-electron chi connectivity index (χ0n) is 15.4. The summed E-state index contributed by atoms with van der Waals surface area (Å²) in [4.78, 5) is 27.2. The highest BCUT2D eigenvalue weighted by Crippen LogP contribution is 2.44. The number of halogens is 1. The number of hydrogen-bond donors (Lipinski definition) is 1. The van der Waals surface area contributed by atoms with Gasteiger partial charge in [0.25, 0.3) is 5.91 Å². The van der Waals surface area contributed by atoms with Gasteiger partial charge in [-0.1, -0.05) is 21.9 Å². The van der Waals surface area contributed by atoms with E-state index in [2.05, 4.69) is 21.9 Å². The van der Waals surface area contributed by atoms with Gasteiger partial charge in [0.1, 0.15) is 0 Å². The Bertz CT molecular complexity index is 1130. The van der Waals surface area contributed by atoms with E-state index in [1.807, 2.05) is 41.2 Å². The molecule has 144 valence electrons. The molecule has 1 aliphatic heterocycles. The lowest BCUT2D eigenvalue weighted by Gasteiger charge is -2.22. The lowest BCUT2D eigenvalue weighted by atomic mass is 9.88. The summed E-state index contributed by atoms with van der Waals surface area (Å²) in [6.45, 7) is 0.0233. The minimum Gasteiger partial charge on any atom is -0.375 e. The molecule has 3 aromatic rings. The molecule has 29 heavy (non-hydrogen) atoms. The molecule has 0 aliphatic carbocycles. The number of rotatable bonds is 5. The van der Waals surface area contributed by atoms with E-state index in [9.17, 15) is 14.7 Å². The first-order chi connectivity index (χ1) is 13.9. The molecule has 4 rings (SSSR count). The second-order valence-electron chi connectivity index (χ2n) is 6.85. The van der Waals surface area contributed by atoms with Crippen molar-refractivity contribution in [3.05, 3.63) is 82.6 Å². The number of amides is 1. The molecule has 1 atom stereocenters. The quantitative estimate of drug-likeness (QED) is 0.478. The van der Waals surface area contributed by atoms with Crippen molar-refractivity contribution < 1.29 is 14.7 Å². The van der Waals surface area contributed by atoms with E-state index in [1.54, 1.807) is 30.3 Å². The number of benzene rings is 2. The molecule has 0 radical (unpaired) electrons. The van der Waals surface area contributed by atoms with Crippen LogP contribution >= 0.6 is 15.9 Å². The number of aliphatic hydroxyl groups is 1. The first-order valence-corrected chi connectivity index (χ1v) is 9.78. The Morgan fingerprint density at radius 1 is 1.14 bits per heavy atom. The molecule has 1 amide bonds. The van der Waals surface area contributed by atoms with Gasteiger partial charge in [-0.2, -0.15) is 0 Å². The second kappa shape index (κ2) is 7.36. The highest BCUT2D eigenvalue weighted by molar-refractivity contribution is 9.10. The van der Waals surface area contributed by atoms with E-state index in [-0.39, 0.29) is 18.7 Å². The third-order valence-electron chi connectivity index (χ3n) is 5.05. The Kier molecular flexibility index (Phi) is 4.87. The van der Waals surface area contributed by atoms with Crippen molar-refractivity contribution in [3.8, 4) is 18.0 Å². The van der Waals surface area contributed by atoms with Crippen molar-refractivity contribution in [2.45, 2.75) is 12.0 Å². The summed E-state index contributed by atoms with van der Waals surface area (Å²) in [5, 5.41) is 11.3. The van der Waals surface area contributed by atoms with Crippen LogP contribution < -0.4 is 4.90 Å². The smallest absolute Gasteiger partial charge is 0.265 e. The normalized spacial score (nSPS) is 17.8. The van der Waals surface area contributed by atoms with Gasteiger partial charge >= 0.3 is 0 Å². The summed E-state index contributed by atoms with van der Waals surface area (Å²) in [5.74, 6) is 1.52. The standard InChI is InChI=1S/C23H17BrN2O3/c1-2-11-26-20-10-7-17(24)14-19(20)23(29,22(26)28)15-21(27)16-5-8-18(9-6-16)25-12-3-4-13-25/h1,3-10,12-14,29H,11,15H2. The second-order valence-corrected chi connectivity index (χ2v) is 7.77. The molecular formula is C23H17BrN2O3. The first-order valence-electron chi connectivity index (χ1n) is 8.98. The molecule has 5 nitrogen and oxygen atoms in total. The van der Waals surface area contributed by atoms with Crippen molar-refractivity contribution in [1.82, 2.24) is 4.57 Å². The first kappa shape index (κ1) is 19.2. The van der Waals surface area contributed by atoms with E-state index in [4.69, 9.17) is 6.42 Å². The fourth-order valence-corrected chi connectivity index (χ4v) is 3.96. The van der Waals surface area contributed by atoms with Crippen LogP contribution in [0.2, 0.25) is 0 Å². The molecule has 0 bridgehead atoms. The number of carbonyl (C=O) groups is 2. The molecule has 1 N–H and O–H groups in total. The molecule has 1 aromatic heterocycles. The maximum absolute atomic E-state index is 13.0. The number of carbonyl (C=O) groups excluding carboxylic acids is 2. The number of fused-ring (bicyclic) bond motifs is 1. The largest absolute Gasteiger partial charge is 0.375 e. The van der Waals surface area contributed by atoms with Crippen LogP contribution in [0.15, 0.2) is 71.5 Å². The number of Topliss-reactive ketones (excluding diaryl/α,β-unsaturated/α-hetero) is 1. The van der Waals surface area contributed by atoms with Crippen LogP contribution in [-0.2, 0) is 10.4 Å². The molecule has 0 spiro atoms. The number of terminal acetylenes is 1. The third kappa shape index (κ3) is 3.29. The minimum absolute atomic E-state index is 0.0233. The van der Waals surface area contributed by atoms with Crippen molar-refractivity contribution in [1.29, 1.82) is 0 Å². The van der Waals surface area contributed by atoms with Crippen LogP contribution in [0.5, 0.6) is 0 Å². The van der Waals surface area contributed by atoms with E-state index >= 15 is 0 Å². The number of nitrogens with zero attached hydrogens (tertiary/aromatic N) is 2. The third-order valence-corrected chi connectivity index (χ3v) is 5.54. The Labute approximate surface area is 176 Å². The van der Waals surface area contributed by atoms with Gasteiger partial charge < -0.3 is 9.67 Å². The minimum atomic E-state index is -1.95. The Morgan fingerprint density at radius 3 is 2.48 bits per heavy atom. The van der Waals surface area contributed by atoms with Gasteiger partial charge in [-0.3, -0.25) is 14.5 Å². The molecule has 1 unspecified atom stereocenters. The monoisotopic (exact) mass is 448 g/mol. The SMILES string of the molecule is C#CCN1C(=O)C(O)(CC(=O)c2ccc(-n3cccc3)cc2)c2cc(Br)ccc21. The number of aromatic nitrogens is 1. The Balaban J connectivity index is 1.64. The summed E-state index contributed by atoms with van der Waals surface area (Å²) < 4.78 is 2.63. The van der Waals surface area contributed by atoms with Crippen molar-refractivity contribution in [3.63, 3.8) is 0 Å². The summed E-state index contributed by atoms with van der Waals surface area (Å²) in [6, 6.07) is 16.0. The highest BCUT2D eigenvalue weighted by Gasteiger charge is 2.50. The molecule has 1 aliphatic rings. The van der Waals surface area contributed by atoms with Crippen LogP contribution in [0.4, 0.5) is 5.69 Å². The highest BCUT2D eigenvalue weighted by atomic mass is 79.9. The zero-order valence-corrected chi connectivity index (χ0v) is 17.0. The summed E-state index contributed by atoms with van der Waals surface area (Å²) in [7, 11) is 0. The van der Waals surface area contributed by atoms with Gasteiger partial charge in [0, 0.05) is 33.7 Å². The van der Waals surface area contributed by atoms with Crippen LogP contribution in [0.1, 0.15) is 22.3 Å². The van der Waals surface area contributed by atoms with Crippen molar-refractivity contribution in [2.75, 3.05) is 11.4 Å². The average Bonchev–Trinajstić information content (AvgIpc) is 3.32. The van der Waals surface area contributed by atoms with Gasteiger partial charge in [0.15, 0.2) is 11.4 Å². The van der Waals surface area contributed by atoms with Crippen LogP contribution in [0.25, 0.3) is 5.69 Å². The average molecular weight is 449 g/mol. The number of ketones is 1. The van der Waals surface area contributed by atoms with Crippen LogP contribution in [-0.4, -0.2) is 27.9 Å². The number of hydrogen-bond acceptors (Lipinski definition) is 3. The molecule has 2 aromatic carbocycles. The zero-order chi connectivity index (χ0) is 20.6. The van der Waals surface area contributed by atoms with Crippen LogP contribution in [0, 0.1) is 12.3 Å². The summed E-state index contributed by atoms with van der Waals surface area (Å²) >= 11 is 3.36. The fraction of sp³-hybridized carbons (Fsp3) is 0.130. The Morgan fingerprint density at radius 2 is 1.83 bits per heavy atom. The van der Waals surface area contributed by atoms with Gasteiger partial charge in [-0.05, 0) is 54.6 Å². The molecule has 6 heteroatoms. The molecule has 0 fully saturated rings. The molecular weight excluding hydrogens is 432 g/mol. The summed E-state index contributed by atoms with van der Waals surface area (Å²) in [6.07, 6.45) is 8.84. The molecule has 0 saturated heterocycles. The summed E-state index contributed by atoms with van der Waals surface area (Å²) in [5.41, 5.74) is 0.288. The maximum atomic E-state index is 13.0. The molecule has 0 saturated carbocycles. The molecule has 2 heterocycles. The van der Waals surface area contributed by atoms with Crippen molar-refractivity contribution in [2.24, 2.45) is 0 Å². The topological polar surface area (TPSA) is 62.5 Å². The van der Waals surface area contributed by atoms with E-state index in [0.29, 0.717) is 21.3 Å². The van der Waals surface area contributed by atoms with Crippen LogP contribution in [0.3, 0.4) is 0 Å². The van der Waals surface area contributed by atoms with Gasteiger partial charge in [0.2, 0.25) is 0 Å². The lowest BCUT2D eigenvalue weighted by molar-refractivity contribution is -0.135. The van der Waals surface area contributed by atoms with E-state index < -0.39 is 11.5 Å². The van der Waals surface area contributed by atoms with E-state index in [0.717, 1.165) is 5.69 Å². The van der Waals surface area contributed by atoms with Crippen molar-refractivity contribution >= 4 is 33.3 Å². The predicted octanol–water partition coefficient (Wildman–Crippen LogP) is 3.68. The predicted molar refractivity (Wildman–Crippen MR) is 114 cm³/mol. The maximum Gasteiger partial charge on any atom is 0.265 e. The van der Waals surface area contributed by atoms with Gasteiger partial charge in [-0.15, -0.1) is 6.42 Å². The Hall–Kier alpha value is -3.14. The fourth-order valence-electron chi connectivity index (χ4n) is 3.60. The van der Waals surface area contributed by atoms with E-state index in [1.165, 1.54) is 4.90 Å². The van der Waals surface area contributed by atoms with Gasteiger partial charge in [-0.25, -0.2) is 0 Å².